The summed E-state index contributed by atoms with van der Waals surface area (Å²) in [6.07, 6.45) is 0. The number of nitrogen functional groups attached to an aromatic ring is 1. The number of anilines is 1. The molecule has 0 fully saturated rings. The van der Waals surface area contributed by atoms with E-state index in [9.17, 15) is 4.39 Å². The monoisotopic (exact) mass is 254 g/mol. The largest absolute Gasteiger partial charge is 0.398 e. The van der Waals surface area contributed by atoms with E-state index in [1.165, 1.54) is 12.1 Å². The highest BCUT2D eigenvalue weighted by Gasteiger charge is 2.04. The minimum absolute atomic E-state index is 0.295. The maximum atomic E-state index is 12.8. The molecule has 1 aromatic heterocycles. The van der Waals surface area contributed by atoms with E-state index >= 15 is 0 Å². The Morgan fingerprint density at radius 3 is 2.94 bits per heavy atom. The van der Waals surface area contributed by atoms with Crippen molar-refractivity contribution in [3.8, 4) is 0 Å². The van der Waals surface area contributed by atoms with E-state index in [1.807, 2.05) is 12.3 Å². The maximum absolute atomic E-state index is 12.8. The fraction of sp³-hybridized carbons (Fsp3) is 0.182. The molecule has 0 aliphatic heterocycles. The van der Waals surface area contributed by atoms with Gasteiger partial charge in [0.1, 0.15) is 10.2 Å². The van der Waals surface area contributed by atoms with Crippen molar-refractivity contribution < 1.29 is 4.39 Å². The molecule has 0 spiro atoms. The van der Waals surface area contributed by atoms with Crippen LogP contribution in [-0.4, -0.2) is 4.98 Å². The van der Waals surface area contributed by atoms with Crippen molar-refractivity contribution >= 4 is 28.8 Å². The van der Waals surface area contributed by atoms with Gasteiger partial charge in [-0.2, -0.15) is 0 Å². The summed E-state index contributed by atoms with van der Waals surface area (Å²) in [4.78, 5) is 4.34. The Hall–Kier alpha value is -1.07. The summed E-state index contributed by atoms with van der Waals surface area (Å²) in [5.41, 5.74) is 8.19. The number of aryl methyl sites for hydroxylation is 1. The Bertz CT molecular complexity index is 496. The molecule has 0 aliphatic rings. The standard InChI is InChI=1S/C11H11FN2S2/c1-7-5-15-11(14-7)16-6-8-2-3-9(12)4-10(8)13/h2-5H,6,13H2,1H3. The molecular formula is C11H11FN2S2. The van der Waals surface area contributed by atoms with Crippen LogP contribution in [0.2, 0.25) is 0 Å². The molecule has 2 nitrogen and oxygen atoms in total. The van der Waals surface area contributed by atoms with Crippen molar-refractivity contribution in [1.82, 2.24) is 4.98 Å². The number of rotatable bonds is 3. The van der Waals surface area contributed by atoms with Crippen LogP contribution in [0.1, 0.15) is 11.3 Å². The number of thioether (sulfide) groups is 1. The summed E-state index contributed by atoms with van der Waals surface area (Å²) in [6, 6.07) is 4.50. The first kappa shape index (κ1) is 11.4. The Morgan fingerprint density at radius 2 is 2.31 bits per heavy atom. The van der Waals surface area contributed by atoms with Gasteiger partial charge in [0.2, 0.25) is 0 Å². The molecule has 2 N–H and O–H groups in total. The van der Waals surface area contributed by atoms with Gasteiger partial charge in [-0.25, -0.2) is 9.37 Å². The van der Waals surface area contributed by atoms with Gasteiger partial charge in [-0.05, 0) is 24.6 Å². The van der Waals surface area contributed by atoms with E-state index in [0.29, 0.717) is 5.69 Å². The molecule has 84 valence electrons. The Balaban J connectivity index is 2.04. The van der Waals surface area contributed by atoms with Crippen LogP contribution in [0.3, 0.4) is 0 Å². The van der Waals surface area contributed by atoms with Gasteiger partial charge in [0.25, 0.3) is 0 Å². The summed E-state index contributed by atoms with van der Waals surface area (Å²) in [5, 5.41) is 2.01. The molecule has 0 unspecified atom stereocenters. The lowest BCUT2D eigenvalue weighted by molar-refractivity contribution is 0.628. The average Bonchev–Trinajstić information content (AvgIpc) is 2.63. The van der Waals surface area contributed by atoms with Gasteiger partial charge in [-0.1, -0.05) is 17.8 Å². The van der Waals surface area contributed by atoms with Gasteiger partial charge >= 0.3 is 0 Å². The molecule has 5 heteroatoms. The van der Waals surface area contributed by atoms with E-state index < -0.39 is 0 Å². The highest BCUT2D eigenvalue weighted by Crippen LogP contribution is 2.28. The summed E-state index contributed by atoms with van der Waals surface area (Å²) in [7, 11) is 0. The molecule has 16 heavy (non-hydrogen) atoms. The predicted molar refractivity (Wildman–Crippen MR) is 67.2 cm³/mol. The van der Waals surface area contributed by atoms with Gasteiger partial charge in [0.05, 0.1) is 0 Å². The van der Waals surface area contributed by atoms with Crippen LogP contribution in [-0.2, 0) is 5.75 Å². The lowest BCUT2D eigenvalue weighted by atomic mass is 10.2. The molecule has 2 rings (SSSR count). The first-order valence-corrected chi connectivity index (χ1v) is 6.60. The van der Waals surface area contributed by atoms with Crippen LogP contribution < -0.4 is 5.73 Å². The second-order valence-corrected chi connectivity index (χ2v) is 5.47. The fourth-order valence-electron chi connectivity index (χ4n) is 1.24. The van der Waals surface area contributed by atoms with E-state index in [1.54, 1.807) is 29.2 Å². The number of nitrogens with zero attached hydrogens (tertiary/aromatic N) is 1. The molecule has 1 aromatic carbocycles. The van der Waals surface area contributed by atoms with Crippen molar-refractivity contribution in [2.45, 2.75) is 17.0 Å². The number of thiazole rings is 1. The third-order valence-electron chi connectivity index (χ3n) is 2.06. The molecular weight excluding hydrogens is 243 g/mol. The molecule has 0 amide bonds. The molecule has 0 atom stereocenters. The van der Waals surface area contributed by atoms with Crippen LogP contribution in [0.25, 0.3) is 0 Å². The van der Waals surface area contributed by atoms with E-state index in [2.05, 4.69) is 4.98 Å². The zero-order valence-electron chi connectivity index (χ0n) is 8.74. The molecule has 0 aliphatic carbocycles. The number of benzene rings is 1. The summed E-state index contributed by atoms with van der Waals surface area (Å²) in [5.74, 6) is 0.426. The first-order chi connectivity index (χ1) is 7.65. The van der Waals surface area contributed by atoms with Crippen molar-refractivity contribution in [1.29, 1.82) is 0 Å². The van der Waals surface area contributed by atoms with Crippen molar-refractivity contribution in [3.63, 3.8) is 0 Å². The topological polar surface area (TPSA) is 38.9 Å². The minimum Gasteiger partial charge on any atom is -0.398 e. The van der Waals surface area contributed by atoms with Crippen molar-refractivity contribution in [2.24, 2.45) is 0 Å². The number of halogens is 1. The van der Waals surface area contributed by atoms with Gasteiger partial charge in [0.15, 0.2) is 0 Å². The average molecular weight is 254 g/mol. The number of hydrogen-bond donors (Lipinski definition) is 1. The second-order valence-electron chi connectivity index (χ2n) is 3.39. The fourth-order valence-corrected chi connectivity index (χ4v) is 3.10. The van der Waals surface area contributed by atoms with Gasteiger partial charge < -0.3 is 5.73 Å². The third kappa shape index (κ3) is 2.74. The highest BCUT2D eigenvalue weighted by atomic mass is 32.2. The first-order valence-electron chi connectivity index (χ1n) is 4.74. The molecule has 0 saturated heterocycles. The summed E-state index contributed by atoms with van der Waals surface area (Å²) in [6.45, 7) is 1.97. The quantitative estimate of drug-likeness (QED) is 0.673. The van der Waals surface area contributed by atoms with Gasteiger partial charge in [-0.15, -0.1) is 11.3 Å². The zero-order chi connectivity index (χ0) is 11.5. The van der Waals surface area contributed by atoms with Crippen LogP contribution in [0.15, 0.2) is 27.9 Å². The highest BCUT2D eigenvalue weighted by molar-refractivity contribution is 8.00. The SMILES string of the molecule is Cc1csc(SCc2ccc(F)cc2N)n1. The lowest BCUT2D eigenvalue weighted by Crippen LogP contribution is -1.93. The van der Waals surface area contributed by atoms with Gasteiger partial charge in [0, 0.05) is 22.5 Å². The lowest BCUT2D eigenvalue weighted by Gasteiger charge is -2.03. The molecule has 0 radical (unpaired) electrons. The Kier molecular flexibility index (Phi) is 3.46. The van der Waals surface area contributed by atoms with E-state index in [4.69, 9.17) is 5.73 Å². The second kappa shape index (κ2) is 4.84. The maximum Gasteiger partial charge on any atom is 0.150 e. The number of aromatic nitrogens is 1. The van der Waals surface area contributed by atoms with Gasteiger partial charge in [-0.3, -0.25) is 0 Å². The van der Waals surface area contributed by atoms with E-state index in [0.717, 1.165) is 21.3 Å². The molecule has 1 heterocycles. The summed E-state index contributed by atoms with van der Waals surface area (Å²) >= 11 is 3.23. The summed E-state index contributed by atoms with van der Waals surface area (Å²) < 4.78 is 13.8. The molecule has 0 bridgehead atoms. The number of hydrogen-bond acceptors (Lipinski definition) is 4. The zero-order valence-corrected chi connectivity index (χ0v) is 10.4. The van der Waals surface area contributed by atoms with E-state index in [-0.39, 0.29) is 5.82 Å². The minimum atomic E-state index is -0.295. The smallest absolute Gasteiger partial charge is 0.150 e. The van der Waals surface area contributed by atoms with Crippen LogP contribution in [0.4, 0.5) is 10.1 Å². The van der Waals surface area contributed by atoms with Crippen molar-refractivity contribution in [2.75, 3.05) is 5.73 Å². The molecule has 0 saturated carbocycles. The van der Waals surface area contributed by atoms with Crippen LogP contribution in [0, 0.1) is 12.7 Å². The van der Waals surface area contributed by atoms with Crippen LogP contribution in [0.5, 0.6) is 0 Å². The van der Waals surface area contributed by atoms with Crippen molar-refractivity contribution in [3.05, 3.63) is 40.7 Å². The van der Waals surface area contributed by atoms with Crippen LogP contribution >= 0.6 is 23.1 Å². The predicted octanol–water partition coefficient (Wildman–Crippen LogP) is 3.47. The Morgan fingerprint density at radius 1 is 1.50 bits per heavy atom. The number of nitrogens with two attached hydrogens (primary N) is 1. The third-order valence-corrected chi connectivity index (χ3v) is 4.24. The normalized spacial score (nSPS) is 10.6. The Labute approximate surface area is 102 Å². The molecule has 2 aromatic rings.